The predicted molar refractivity (Wildman–Crippen MR) is 66.6 cm³/mol. The molecule has 0 radical (unpaired) electrons. The first kappa shape index (κ1) is 11.1. The van der Waals surface area contributed by atoms with Gasteiger partial charge in [-0.2, -0.15) is 0 Å². The second kappa shape index (κ2) is 4.65. The molecule has 1 aromatic heterocycles. The summed E-state index contributed by atoms with van der Waals surface area (Å²) in [5.41, 5.74) is 1.29. The van der Waals surface area contributed by atoms with Crippen molar-refractivity contribution in [1.82, 2.24) is 4.98 Å². The molecule has 1 saturated carbocycles. The maximum absolute atomic E-state index is 4.78. The quantitative estimate of drug-likeness (QED) is 0.716. The van der Waals surface area contributed by atoms with E-state index in [-0.39, 0.29) is 0 Å². The monoisotopic (exact) mass is 223 g/mol. The van der Waals surface area contributed by atoms with Gasteiger partial charge in [0.1, 0.15) is 0 Å². The molecule has 1 heterocycles. The highest BCUT2D eigenvalue weighted by atomic mass is 32.1. The topological polar surface area (TPSA) is 12.9 Å². The second-order valence-electron chi connectivity index (χ2n) is 5.22. The first-order chi connectivity index (χ1) is 7.16. The average Bonchev–Trinajstić information content (AvgIpc) is 2.68. The molecule has 0 bridgehead atoms. The fourth-order valence-corrected chi connectivity index (χ4v) is 3.41. The van der Waals surface area contributed by atoms with Gasteiger partial charge >= 0.3 is 0 Å². The maximum Gasteiger partial charge on any atom is 0.0959 e. The lowest BCUT2D eigenvalue weighted by Gasteiger charge is -2.24. The van der Waals surface area contributed by atoms with Crippen molar-refractivity contribution in [3.63, 3.8) is 0 Å². The van der Waals surface area contributed by atoms with Crippen molar-refractivity contribution in [2.75, 3.05) is 0 Å². The van der Waals surface area contributed by atoms with Gasteiger partial charge in [-0.1, -0.05) is 33.6 Å². The van der Waals surface area contributed by atoms with Crippen LogP contribution >= 0.6 is 11.3 Å². The van der Waals surface area contributed by atoms with E-state index < -0.39 is 0 Å². The minimum absolute atomic E-state index is 0.581. The van der Waals surface area contributed by atoms with E-state index in [4.69, 9.17) is 4.98 Å². The van der Waals surface area contributed by atoms with Crippen LogP contribution in [0.3, 0.4) is 0 Å². The zero-order valence-corrected chi connectivity index (χ0v) is 10.8. The SMILES string of the molecule is CC1CCC(c2nc(C(C)C)cs2)CC1. The molecular weight excluding hydrogens is 202 g/mol. The normalized spacial score (nSPS) is 27.2. The minimum atomic E-state index is 0.581. The predicted octanol–water partition coefficient (Wildman–Crippen LogP) is 4.56. The van der Waals surface area contributed by atoms with E-state index in [1.165, 1.54) is 36.4 Å². The Labute approximate surface area is 96.9 Å². The Balaban J connectivity index is 2.03. The van der Waals surface area contributed by atoms with Crippen LogP contribution in [-0.4, -0.2) is 4.98 Å². The molecule has 0 unspecified atom stereocenters. The highest BCUT2D eigenvalue weighted by Gasteiger charge is 2.22. The molecule has 84 valence electrons. The van der Waals surface area contributed by atoms with E-state index >= 15 is 0 Å². The molecule has 0 spiro atoms. The van der Waals surface area contributed by atoms with Gasteiger partial charge in [0, 0.05) is 11.3 Å². The van der Waals surface area contributed by atoms with E-state index in [0.717, 1.165) is 11.8 Å². The average molecular weight is 223 g/mol. The van der Waals surface area contributed by atoms with Crippen molar-refractivity contribution in [1.29, 1.82) is 0 Å². The molecule has 1 aliphatic rings. The molecule has 15 heavy (non-hydrogen) atoms. The molecule has 0 atom stereocenters. The Morgan fingerprint density at radius 1 is 1.27 bits per heavy atom. The maximum atomic E-state index is 4.78. The molecule has 0 amide bonds. The van der Waals surface area contributed by atoms with Crippen molar-refractivity contribution in [3.8, 4) is 0 Å². The smallest absolute Gasteiger partial charge is 0.0959 e. The Hall–Kier alpha value is -0.370. The standard InChI is InChI=1S/C13H21NS/c1-9(2)12-8-15-13(14-12)11-6-4-10(3)5-7-11/h8-11H,4-7H2,1-3H3. The first-order valence-electron chi connectivity index (χ1n) is 6.12. The van der Waals surface area contributed by atoms with E-state index in [0.29, 0.717) is 5.92 Å². The zero-order chi connectivity index (χ0) is 10.8. The molecule has 0 aromatic carbocycles. The van der Waals surface area contributed by atoms with Crippen LogP contribution < -0.4 is 0 Å². The van der Waals surface area contributed by atoms with Gasteiger partial charge in [0.2, 0.25) is 0 Å². The summed E-state index contributed by atoms with van der Waals surface area (Å²) in [6.07, 6.45) is 5.49. The van der Waals surface area contributed by atoms with Gasteiger partial charge in [-0.05, 0) is 24.7 Å². The van der Waals surface area contributed by atoms with Crippen LogP contribution in [-0.2, 0) is 0 Å². The summed E-state index contributed by atoms with van der Waals surface area (Å²) in [5, 5.41) is 3.64. The third-order valence-corrected chi connectivity index (χ3v) is 4.52. The molecule has 2 heteroatoms. The third-order valence-electron chi connectivity index (χ3n) is 3.50. The van der Waals surface area contributed by atoms with Gasteiger partial charge in [0.15, 0.2) is 0 Å². The van der Waals surface area contributed by atoms with Crippen LogP contribution in [0.4, 0.5) is 0 Å². The summed E-state index contributed by atoms with van der Waals surface area (Å²) in [5.74, 6) is 2.28. The Morgan fingerprint density at radius 3 is 2.47 bits per heavy atom. The van der Waals surface area contributed by atoms with E-state index in [9.17, 15) is 0 Å². The molecule has 0 N–H and O–H groups in total. The fourth-order valence-electron chi connectivity index (χ4n) is 2.26. The van der Waals surface area contributed by atoms with Gasteiger partial charge < -0.3 is 0 Å². The lowest BCUT2D eigenvalue weighted by molar-refractivity contribution is 0.347. The van der Waals surface area contributed by atoms with Crippen LogP contribution in [0.1, 0.15) is 69.0 Å². The number of nitrogens with zero attached hydrogens (tertiary/aromatic N) is 1. The Bertz CT molecular complexity index is 308. The van der Waals surface area contributed by atoms with Gasteiger partial charge in [-0.15, -0.1) is 11.3 Å². The summed E-state index contributed by atoms with van der Waals surface area (Å²) in [6, 6.07) is 0. The Kier molecular flexibility index (Phi) is 3.45. The van der Waals surface area contributed by atoms with Gasteiger partial charge in [-0.25, -0.2) is 4.98 Å². The molecule has 1 aromatic rings. The van der Waals surface area contributed by atoms with Crippen molar-refractivity contribution in [3.05, 3.63) is 16.1 Å². The van der Waals surface area contributed by atoms with Crippen LogP contribution in [0.2, 0.25) is 0 Å². The van der Waals surface area contributed by atoms with Crippen molar-refractivity contribution in [2.24, 2.45) is 5.92 Å². The Morgan fingerprint density at radius 2 is 1.93 bits per heavy atom. The number of hydrogen-bond donors (Lipinski definition) is 0. The largest absolute Gasteiger partial charge is 0.246 e. The number of thiazole rings is 1. The highest BCUT2D eigenvalue weighted by molar-refractivity contribution is 7.09. The lowest BCUT2D eigenvalue weighted by atomic mass is 9.83. The van der Waals surface area contributed by atoms with Gasteiger partial charge in [-0.3, -0.25) is 0 Å². The van der Waals surface area contributed by atoms with E-state index in [1.807, 2.05) is 11.3 Å². The van der Waals surface area contributed by atoms with Crippen LogP contribution in [0.15, 0.2) is 5.38 Å². The van der Waals surface area contributed by atoms with Gasteiger partial charge in [0.05, 0.1) is 10.7 Å². The summed E-state index contributed by atoms with van der Waals surface area (Å²) in [4.78, 5) is 4.78. The van der Waals surface area contributed by atoms with Gasteiger partial charge in [0.25, 0.3) is 0 Å². The number of aromatic nitrogens is 1. The summed E-state index contributed by atoms with van der Waals surface area (Å²) >= 11 is 1.87. The van der Waals surface area contributed by atoms with Crippen LogP contribution in [0.5, 0.6) is 0 Å². The van der Waals surface area contributed by atoms with Crippen LogP contribution in [0, 0.1) is 5.92 Å². The molecule has 2 rings (SSSR count). The second-order valence-corrected chi connectivity index (χ2v) is 6.11. The number of hydrogen-bond acceptors (Lipinski definition) is 2. The molecule has 1 nitrogen and oxygen atoms in total. The van der Waals surface area contributed by atoms with Crippen molar-refractivity contribution >= 4 is 11.3 Å². The van der Waals surface area contributed by atoms with Crippen LogP contribution in [0.25, 0.3) is 0 Å². The molecule has 0 saturated heterocycles. The lowest BCUT2D eigenvalue weighted by Crippen LogP contribution is -2.10. The zero-order valence-electron chi connectivity index (χ0n) is 9.99. The summed E-state index contributed by atoms with van der Waals surface area (Å²) < 4.78 is 0. The summed E-state index contributed by atoms with van der Waals surface area (Å²) in [6.45, 7) is 6.82. The molecule has 1 aliphatic carbocycles. The first-order valence-corrected chi connectivity index (χ1v) is 7.00. The fraction of sp³-hybridized carbons (Fsp3) is 0.769. The van der Waals surface area contributed by atoms with E-state index in [2.05, 4.69) is 26.2 Å². The number of rotatable bonds is 2. The van der Waals surface area contributed by atoms with Crippen molar-refractivity contribution in [2.45, 2.75) is 58.3 Å². The highest BCUT2D eigenvalue weighted by Crippen LogP contribution is 2.37. The summed E-state index contributed by atoms with van der Waals surface area (Å²) in [7, 11) is 0. The van der Waals surface area contributed by atoms with E-state index in [1.54, 1.807) is 0 Å². The molecule has 1 fully saturated rings. The minimum Gasteiger partial charge on any atom is -0.246 e. The molecular formula is C13H21NS. The third kappa shape index (κ3) is 2.60. The molecule has 0 aliphatic heterocycles. The van der Waals surface area contributed by atoms with Crippen molar-refractivity contribution < 1.29 is 0 Å².